The smallest absolute Gasteiger partial charge is 0.252 e. The molecule has 0 saturated carbocycles. The Morgan fingerprint density at radius 2 is 2.03 bits per heavy atom. The van der Waals surface area contributed by atoms with Crippen molar-refractivity contribution in [2.75, 3.05) is 13.7 Å². The van der Waals surface area contributed by atoms with Crippen LogP contribution in [0.5, 0.6) is 5.75 Å². The van der Waals surface area contributed by atoms with Crippen molar-refractivity contribution in [1.82, 2.24) is 9.88 Å². The Morgan fingerprint density at radius 1 is 1.28 bits per heavy atom. The average molecular weight is 395 g/mol. The number of fused-ring (bicyclic) bond motifs is 1. The molecule has 2 aromatic rings. The van der Waals surface area contributed by atoms with Crippen molar-refractivity contribution in [3.63, 3.8) is 0 Å². The highest BCUT2D eigenvalue weighted by Crippen LogP contribution is 2.32. The van der Waals surface area contributed by atoms with Crippen LogP contribution in [0.3, 0.4) is 0 Å². The Morgan fingerprint density at radius 3 is 2.69 bits per heavy atom. The number of ketones is 1. The summed E-state index contributed by atoms with van der Waals surface area (Å²) in [5.41, 5.74) is 4.37. The number of allylic oxidation sites excluding steroid dienone is 3. The maximum atomic E-state index is 13.0. The number of hydrogen-bond donors (Lipinski definition) is 1. The Labute approximate surface area is 172 Å². The van der Waals surface area contributed by atoms with Crippen LogP contribution in [-0.4, -0.2) is 29.9 Å². The third-order valence-electron chi connectivity index (χ3n) is 5.39. The number of methoxy groups -OCH3 is 1. The van der Waals surface area contributed by atoms with Crippen LogP contribution in [0.15, 0.2) is 47.2 Å². The van der Waals surface area contributed by atoms with Gasteiger partial charge in [0.1, 0.15) is 5.75 Å². The monoisotopic (exact) mass is 394 g/mol. The van der Waals surface area contributed by atoms with Gasteiger partial charge in [-0.1, -0.05) is 25.0 Å². The number of nitrogens with one attached hydrogen (secondary N) is 1. The topological polar surface area (TPSA) is 60.3 Å². The lowest BCUT2D eigenvalue weighted by atomic mass is 9.89. The predicted molar refractivity (Wildman–Crippen MR) is 117 cm³/mol. The first-order chi connectivity index (χ1) is 13.9. The van der Waals surface area contributed by atoms with Gasteiger partial charge in [0.25, 0.3) is 5.91 Å². The van der Waals surface area contributed by atoms with Gasteiger partial charge in [-0.2, -0.15) is 0 Å². The molecule has 0 radical (unpaired) electrons. The molecule has 0 unspecified atom stereocenters. The van der Waals surface area contributed by atoms with Crippen molar-refractivity contribution >= 4 is 22.6 Å². The van der Waals surface area contributed by atoms with Gasteiger partial charge in [-0.15, -0.1) is 0 Å². The molecule has 1 heterocycles. The van der Waals surface area contributed by atoms with E-state index in [4.69, 9.17) is 4.74 Å². The van der Waals surface area contributed by atoms with Crippen LogP contribution in [0.25, 0.3) is 10.9 Å². The molecular formula is C24H30N2O3. The lowest BCUT2D eigenvalue weighted by Gasteiger charge is -2.18. The van der Waals surface area contributed by atoms with Crippen molar-refractivity contribution in [3.05, 3.63) is 52.8 Å². The van der Waals surface area contributed by atoms with Crippen molar-refractivity contribution < 1.29 is 14.3 Å². The first-order valence-corrected chi connectivity index (χ1v) is 10.3. The maximum Gasteiger partial charge on any atom is 0.252 e. The minimum absolute atomic E-state index is 0.111. The first kappa shape index (κ1) is 20.9. The van der Waals surface area contributed by atoms with Gasteiger partial charge in [0.2, 0.25) is 0 Å². The summed E-state index contributed by atoms with van der Waals surface area (Å²) >= 11 is 0. The fourth-order valence-corrected chi connectivity index (χ4v) is 3.99. The van der Waals surface area contributed by atoms with Crippen LogP contribution >= 0.6 is 0 Å². The van der Waals surface area contributed by atoms with E-state index in [0.717, 1.165) is 46.2 Å². The van der Waals surface area contributed by atoms with E-state index in [1.807, 2.05) is 25.3 Å². The zero-order valence-electron chi connectivity index (χ0n) is 18.0. The van der Waals surface area contributed by atoms with Gasteiger partial charge in [-0.25, -0.2) is 0 Å². The van der Waals surface area contributed by atoms with Gasteiger partial charge < -0.3 is 14.6 Å². The standard InChI is InChI=1S/C24H30N2O3/c1-6-7-17-12-16(4)13-21(27)20(17)14-25-24(28)19-8-9-22(29-5)23-18(19)10-11-26(23)15(2)3/h8-12,15H,6-7,13-14H2,1-5H3,(H,25,28). The molecule has 5 nitrogen and oxygen atoms in total. The molecule has 0 aliphatic heterocycles. The Bertz CT molecular complexity index is 1010. The van der Waals surface area contributed by atoms with Crippen LogP contribution in [0.1, 0.15) is 63.4 Å². The number of rotatable bonds is 7. The fourth-order valence-electron chi connectivity index (χ4n) is 3.99. The van der Waals surface area contributed by atoms with Crippen LogP contribution < -0.4 is 10.1 Å². The van der Waals surface area contributed by atoms with Crippen LogP contribution in [0, 0.1) is 0 Å². The molecule has 29 heavy (non-hydrogen) atoms. The number of ether oxygens (including phenoxy) is 1. The van der Waals surface area contributed by atoms with Crippen molar-refractivity contribution in [2.24, 2.45) is 0 Å². The Balaban J connectivity index is 1.91. The molecule has 0 bridgehead atoms. The summed E-state index contributed by atoms with van der Waals surface area (Å²) < 4.78 is 7.62. The van der Waals surface area contributed by atoms with Crippen molar-refractivity contribution in [1.29, 1.82) is 0 Å². The number of aromatic nitrogens is 1. The number of carbonyl (C=O) groups is 2. The van der Waals surface area contributed by atoms with Crippen molar-refractivity contribution in [3.8, 4) is 5.75 Å². The molecule has 154 valence electrons. The summed E-state index contributed by atoms with van der Waals surface area (Å²) in [6.45, 7) is 8.53. The maximum absolute atomic E-state index is 13.0. The number of Topliss-reactive ketones (excluding diaryl/α,β-unsaturated/α-hetero) is 1. The highest BCUT2D eigenvalue weighted by atomic mass is 16.5. The van der Waals surface area contributed by atoms with Gasteiger partial charge in [0, 0.05) is 41.7 Å². The Hall–Kier alpha value is -2.82. The summed E-state index contributed by atoms with van der Waals surface area (Å²) in [5.74, 6) is 0.674. The third-order valence-corrected chi connectivity index (χ3v) is 5.39. The summed E-state index contributed by atoms with van der Waals surface area (Å²) in [4.78, 5) is 25.5. The number of amides is 1. The molecule has 0 atom stereocenters. The average Bonchev–Trinajstić information content (AvgIpc) is 3.12. The molecule has 1 N–H and O–H groups in total. The largest absolute Gasteiger partial charge is 0.495 e. The molecule has 0 fully saturated rings. The van der Waals surface area contributed by atoms with E-state index < -0.39 is 0 Å². The van der Waals surface area contributed by atoms with Gasteiger partial charge in [0.15, 0.2) is 5.78 Å². The lowest BCUT2D eigenvalue weighted by Crippen LogP contribution is -2.29. The fraction of sp³-hybridized carbons (Fsp3) is 0.417. The minimum Gasteiger partial charge on any atom is -0.495 e. The normalized spacial score (nSPS) is 14.6. The van der Waals surface area contributed by atoms with Crippen LogP contribution in [0.4, 0.5) is 0 Å². The lowest BCUT2D eigenvalue weighted by molar-refractivity contribution is -0.115. The predicted octanol–water partition coefficient (Wildman–Crippen LogP) is 4.98. The number of benzene rings is 1. The van der Waals surface area contributed by atoms with Gasteiger partial charge in [-0.3, -0.25) is 9.59 Å². The number of nitrogens with zero attached hydrogens (tertiary/aromatic N) is 1. The molecule has 3 rings (SSSR count). The van der Waals surface area contributed by atoms with Gasteiger partial charge >= 0.3 is 0 Å². The molecule has 0 saturated heterocycles. The molecule has 5 heteroatoms. The van der Waals surface area contributed by atoms with Gasteiger partial charge in [0.05, 0.1) is 12.6 Å². The molecular weight excluding hydrogens is 364 g/mol. The second kappa shape index (κ2) is 8.68. The second-order valence-corrected chi connectivity index (χ2v) is 7.92. The number of hydrogen-bond acceptors (Lipinski definition) is 3. The van der Waals surface area contributed by atoms with Crippen LogP contribution in [0.2, 0.25) is 0 Å². The molecule has 1 aliphatic rings. The quantitative estimate of drug-likeness (QED) is 0.721. The number of carbonyl (C=O) groups excluding carboxylic acids is 2. The van der Waals surface area contributed by atoms with E-state index in [1.165, 1.54) is 0 Å². The summed E-state index contributed by atoms with van der Waals surface area (Å²) in [5, 5.41) is 3.82. The summed E-state index contributed by atoms with van der Waals surface area (Å²) in [7, 11) is 1.64. The van der Waals surface area contributed by atoms with E-state index in [-0.39, 0.29) is 24.3 Å². The zero-order valence-corrected chi connectivity index (χ0v) is 18.0. The molecule has 1 aromatic heterocycles. The van der Waals surface area contributed by atoms with Crippen molar-refractivity contribution in [2.45, 2.75) is 53.0 Å². The molecule has 1 aromatic carbocycles. The third kappa shape index (κ3) is 4.14. The van der Waals surface area contributed by atoms with Crippen LogP contribution in [-0.2, 0) is 4.79 Å². The highest BCUT2D eigenvalue weighted by molar-refractivity contribution is 6.09. The molecule has 0 spiro atoms. The highest BCUT2D eigenvalue weighted by Gasteiger charge is 2.21. The Kier molecular flexibility index (Phi) is 6.26. The summed E-state index contributed by atoms with van der Waals surface area (Å²) in [6, 6.07) is 5.81. The molecule has 1 amide bonds. The zero-order chi connectivity index (χ0) is 21.1. The van der Waals surface area contributed by atoms with E-state index >= 15 is 0 Å². The van der Waals surface area contributed by atoms with E-state index in [2.05, 4.69) is 36.7 Å². The van der Waals surface area contributed by atoms with Gasteiger partial charge in [-0.05, 0) is 51.0 Å². The second-order valence-electron chi connectivity index (χ2n) is 7.92. The first-order valence-electron chi connectivity index (χ1n) is 10.3. The minimum atomic E-state index is -0.179. The SMILES string of the molecule is CCCC1=C(CNC(=O)c2ccc(OC)c3c2ccn3C(C)C)C(=O)CC(C)=C1. The molecule has 1 aliphatic carbocycles. The van der Waals surface area contributed by atoms with E-state index in [9.17, 15) is 9.59 Å². The van der Waals surface area contributed by atoms with E-state index in [1.54, 1.807) is 13.2 Å². The van der Waals surface area contributed by atoms with E-state index in [0.29, 0.717) is 12.0 Å². The summed E-state index contributed by atoms with van der Waals surface area (Å²) in [6.07, 6.45) is 6.32.